The molecule has 0 saturated carbocycles. The molecule has 17 heavy (non-hydrogen) atoms. The van der Waals surface area contributed by atoms with Gasteiger partial charge in [-0.15, -0.1) is 0 Å². The maximum atomic E-state index is 12.0. The van der Waals surface area contributed by atoms with Crippen molar-refractivity contribution in [2.75, 3.05) is 12.3 Å². The van der Waals surface area contributed by atoms with Crippen molar-refractivity contribution in [2.45, 2.75) is 31.6 Å². The van der Waals surface area contributed by atoms with Crippen LogP contribution >= 0.6 is 7.71 Å². The molecular formula is C12H19NO2PS+. The Bertz CT molecular complexity index is 461. The van der Waals surface area contributed by atoms with E-state index in [-0.39, 0.29) is 0 Å². The third-order valence-electron chi connectivity index (χ3n) is 2.23. The molecule has 1 aromatic rings. The molecule has 0 heterocycles. The molecule has 0 saturated heterocycles. The highest BCUT2D eigenvalue weighted by Gasteiger charge is 2.20. The summed E-state index contributed by atoms with van der Waals surface area (Å²) in [7, 11) is -4.19. The van der Waals surface area contributed by atoms with Crippen molar-refractivity contribution in [1.82, 2.24) is 0 Å². The molecule has 0 amide bonds. The van der Waals surface area contributed by atoms with Crippen molar-refractivity contribution in [1.29, 1.82) is 0 Å². The molecule has 3 nitrogen and oxygen atoms in total. The van der Waals surface area contributed by atoms with E-state index in [0.29, 0.717) is 4.90 Å². The van der Waals surface area contributed by atoms with Crippen LogP contribution in [0, 0.1) is 0 Å². The number of hydrogen-bond donors (Lipinski definition) is 0. The minimum atomic E-state index is -3.45. The Morgan fingerprint density at radius 3 is 2.06 bits per heavy atom. The molecule has 0 aliphatic carbocycles. The van der Waals surface area contributed by atoms with Gasteiger partial charge in [-0.3, -0.25) is 0 Å². The largest absolute Gasteiger partial charge is 0.316 e. The normalized spacial score (nSPS) is 11.2. The molecule has 0 aliphatic heterocycles. The molecule has 0 N–H and O–H groups in total. The van der Waals surface area contributed by atoms with Gasteiger partial charge in [0.25, 0.3) is 0 Å². The summed E-state index contributed by atoms with van der Waals surface area (Å²) in [5, 5.41) is 0. The quantitative estimate of drug-likeness (QED) is 0.738. The average molecular weight is 272 g/mol. The summed E-state index contributed by atoms with van der Waals surface area (Å²) in [5.41, 5.74) is 0. The van der Waals surface area contributed by atoms with Gasteiger partial charge in [0.05, 0.1) is 4.90 Å². The number of rotatable bonds is 6. The molecule has 5 heteroatoms. The highest BCUT2D eigenvalue weighted by atomic mass is 32.2. The minimum Gasteiger partial charge on any atom is -0.196 e. The van der Waals surface area contributed by atoms with Crippen LogP contribution in [0.25, 0.3) is 0 Å². The third kappa shape index (κ3) is 4.57. The maximum absolute atomic E-state index is 12.0. The zero-order valence-corrected chi connectivity index (χ0v) is 12.0. The first-order chi connectivity index (χ1) is 8.10. The first-order valence-electron chi connectivity index (χ1n) is 5.88. The summed E-state index contributed by atoms with van der Waals surface area (Å²) in [6.07, 6.45) is 3.77. The molecule has 0 fully saturated rings. The standard InChI is InChI=1S/C12H19NO2PS/c1-3-10-16(11-4-2)13-17(14,15)12-8-6-5-7-9-12/h5-9H,3-4,10-11H2,1-2H3/q+1. The molecule has 0 bridgehead atoms. The molecule has 94 valence electrons. The second-order valence-corrected chi connectivity index (χ2v) is 7.81. The van der Waals surface area contributed by atoms with Crippen LogP contribution in [-0.4, -0.2) is 20.7 Å². The average Bonchev–Trinajstić information content (AvgIpc) is 2.30. The van der Waals surface area contributed by atoms with E-state index >= 15 is 0 Å². The van der Waals surface area contributed by atoms with Gasteiger partial charge in [-0.2, -0.15) is 8.42 Å². The lowest BCUT2D eigenvalue weighted by Crippen LogP contribution is -1.96. The predicted octanol–water partition coefficient (Wildman–Crippen LogP) is 3.86. The first kappa shape index (κ1) is 14.3. The summed E-state index contributed by atoms with van der Waals surface area (Å²) in [6.45, 7) is 4.13. The molecule has 0 unspecified atom stereocenters. The number of benzene rings is 1. The molecule has 0 spiro atoms. The number of hydrogen-bond acceptors (Lipinski definition) is 2. The van der Waals surface area contributed by atoms with Gasteiger partial charge < -0.3 is 0 Å². The predicted molar refractivity (Wildman–Crippen MR) is 73.3 cm³/mol. The van der Waals surface area contributed by atoms with Crippen molar-refractivity contribution in [3.8, 4) is 0 Å². The first-order valence-corrected chi connectivity index (χ1v) is 8.98. The van der Waals surface area contributed by atoms with Crippen molar-refractivity contribution >= 4 is 17.7 Å². The fourth-order valence-corrected chi connectivity index (χ4v) is 5.50. The van der Waals surface area contributed by atoms with Gasteiger partial charge in [0.15, 0.2) is 0 Å². The molecule has 0 aliphatic rings. The fourth-order valence-electron chi connectivity index (χ4n) is 1.50. The smallest absolute Gasteiger partial charge is 0.196 e. The minimum absolute atomic E-state index is 0.305. The van der Waals surface area contributed by atoms with E-state index in [4.69, 9.17) is 0 Å². The Morgan fingerprint density at radius 2 is 1.59 bits per heavy atom. The van der Waals surface area contributed by atoms with Crippen molar-refractivity contribution in [3.63, 3.8) is 0 Å². The summed E-state index contributed by atoms with van der Waals surface area (Å²) < 4.78 is 28.2. The van der Waals surface area contributed by atoms with Gasteiger partial charge in [-0.25, -0.2) is 0 Å². The monoisotopic (exact) mass is 272 g/mol. The highest BCUT2D eigenvalue weighted by molar-refractivity contribution is 7.92. The zero-order chi connectivity index (χ0) is 12.7. The van der Waals surface area contributed by atoms with E-state index in [1.807, 2.05) is 0 Å². The van der Waals surface area contributed by atoms with E-state index in [0.717, 1.165) is 25.2 Å². The van der Waals surface area contributed by atoms with Gasteiger partial charge in [0.1, 0.15) is 12.3 Å². The molecule has 1 aromatic carbocycles. The van der Waals surface area contributed by atoms with Crippen molar-refractivity contribution < 1.29 is 8.42 Å². The van der Waals surface area contributed by atoms with E-state index in [9.17, 15) is 8.42 Å². The molecule has 0 atom stereocenters. The molecule has 0 aromatic heterocycles. The Kier molecular flexibility index (Phi) is 5.79. The van der Waals surface area contributed by atoms with Gasteiger partial charge >= 0.3 is 10.0 Å². The Balaban J connectivity index is 3.01. The van der Waals surface area contributed by atoms with E-state index in [1.165, 1.54) is 0 Å². The van der Waals surface area contributed by atoms with E-state index < -0.39 is 17.7 Å². The van der Waals surface area contributed by atoms with E-state index in [1.54, 1.807) is 30.3 Å². The van der Waals surface area contributed by atoms with Gasteiger partial charge in [0, 0.05) is 4.15 Å². The summed E-state index contributed by atoms with van der Waals surface area (Å²) in [6, 6.07) is 8.46. The summed E-state index contributed by atoms with van der Waals surface area (Å²) >= 11 is 0. The van der Waals surface area contributed by atoms with Crippen LogP contribution < -0.4 is 0 Å². The van der Waals surface area contributed by atoms with Crippen LogP contribution in [0.3, 0.4) is 0 Å². The van der Waals surface area contributed by atoms with Crippen LogP contribution in [-0.2, 0) is 10.0 Å². The lowest BCUT2D eigenvalue weighted by Gasteiger charge is -1.96. The summed E-state index contributed by atoms with van der Waals surface area (Å²) in [4.78, 5) is 0.305. The van der Waals surface area contributed by atoms with Crippen molar-refractivity contribution in [2.24, 2.45) is 4.15 Å². The topological polar surface area (TPSA) is 46.5 Å². The fraction of sp³-hybridized carbons (Fsp3) is 0.500. The Labute approximate surface area is 105 Å². The second-order valence-electron chi connectivity index (χ2n) is 3.82. The lowest BCUT2D eigenvalue weighted by atomic mass is 10.4. The van der Waals surface area contributed by atoms with Gasteiger partial charge in [-0.05, 0) is 25.0 Å². The van der Waals surface area contributed by atoms with Crippen LogP contribution in [0.2, 0.25) is 0 Å². The van der Waals surface area contributed by atoms with Crippen LogP contribution in [0.15, 0.2) is 39.4 Å². The van der Waals surface area contributed by atoms with E-state index in [2.05, 4.69) is 18.0 Å². The Hall–Kier alpha value is -0.730. The molecule has 1 rings (SSSR count). The van der Waals surface area contributed by atoms with Crippen molar-refractivity contribution in [3.05, 3.63) is 30.3 Å². The van der Waals surface area contributed by atoms with Crippen LogP contribution in [0.4, 0.5) is 0 Å². The third-order valence-corrected chi connectivity index (χ3v) is 6.81. The molecular weight excluding hydrogens is 253 g/mol. The highest BCUT2D eigenvalue weighted by Crippen LogP contribution is 2.31. The Morgan fingerprint density at radius 1 is 1.06 bits per heavy atom. The van der Waals surface area contributed by atoms with Crippen LogP contribution in [0.5, 0.6) is 0 Å². The van der Waals surface area contributed by atoms with Crippen LogP contribution in [0.1, 0.15) is 26.7 Å². The summed E-state index contributed by atoms with van der Waals surface area (Å²) in [5.74, 6) is 0. The number of sulfonamides is 1. The maximum Gasteiger partial charge on any atom is 0.316 e. The zero-order valence-electron chi connectivity index (χ0n) is 10.3. The van der Waals surface area contributed by atoms with Gasteiger partial charge in [0.2, 0.25) is 7.71 Å². The number of nitrogens with zero attached hydrogens (tertiary/aromatic N) is 1. The lowest BCUT2D eigenvalue weighted by molar-refractivity contribution is 0.598. The molecule has 0 radical (unpaired) electrons. The van der Waals surface area contributed by atoms with Gasteiger partial charge in [-0.1, -0.05) is 32.0 Å². The SMILES string of the molecule is CCC[P+](CCC)=NS(=O)(=O)c1ccccc1. The second kappa shape index (κ2) is 6.87.